The minimum atomic E-state index is 0.00760. The molecule has 2 nitrogen and oxygen atoms in total. The molecular weight excluding hydrogens is 282 g/mol. The number of fused-ring (bicyclic) bond motifs is 1. The summed E-state index contributed by atoms with van der Waals surface area (Å²) in [6, 6.07) is 22.3. The summed E-state index contributed by atoms with van der Waals surface area (Å²) in [6.45, 7) is 4.06. The fourth-order valence-electron chi connectivity index (χ4n) is 3.00. The van der Waals surface area contributed by atoms with Gasteiger partial charge in [-0.15, -0.1) is 0 Å². The van der Waals surface area contributed by atoms with Gasteiger partial charge in [-0.2, -0.15) is 0 Å². The molecule has 3 rings (SSSR count). The van der Waals surface area contributed by atoms with E-state index in [9.17, 15) is 4.79 Å². The highest BCUT2D eigenvalue weighted by molar-refractivity contribution is 5.96. The van der Waals surface area contributed by atoms with Crippen LogP contribution in [0.5, 0.6) is 0 Å². The van der Waals surface area contributed by atoms with Gasteiger partial charge in [0.05, 0.1) is 6.04 Å². The Morgan fingerprint density at radius 2 is 1.57 bits per heavy atom. The van der Waals surface area contributed by atoms with Gasteiger partial charge in [0.1, 0.15) is 0 Å². The average molecular weight is 303 g/mol. The normalized spacial score (nSPS) is 12.1. The number of amides is 1. The van der Waals surface area contributed by atoms with Crippen molar-refractivity contribution in [3.63, 3.8) is 0 Å². The molecule has 3 aromatic carbocycles. The van der Waals surface area contributed by atoms with Gasteiger partial charge in [-0.25, -0.2) is 0 Å². The lowest BCUT2D eigenvalue weighted by Crippen LogP contribution is -2.30. The zero-order valence-corrected chi connectivity index (χ0v) is 13.8. The fourth-order valence-corrected chi connectivity index (χ4v) is 3.00. The summed E-state index contributed by atoms with van der Waals surface area (Å²) in [5.74, 6) is 0.0588. The van der Waals surface area contributed by atoms with Crippen LogP contribution in [0, 0.1) is 6.92 Å². The van der Waals surface area contributed by atoms with Crippen LogP contribution in [0.1, 0.15) is 34.5 Å². The van der Waals surface area contributed by atoms with Crippen LogP contribution in [0.25, 0.3) is 10.8 Å². The molecule has 0 saturated carbocycles. The Labute approximate surface area is 137 Å². The number of carbonyl (C=O) groups excluding carboxylic acids is 1. The van der Waals surface area contributed by atoms with E-state index in [-0.39, 0.29) is 11.9 Å². The van der Waals surface area contributed by atoms with E-state index in [0.717, 1.165) is 11.1 Å². The maximum absolute atomic E-state index is 12.8. The first-order chi connectivity index (χ1) is 11.1. The van der Waals surface area contributed by atoms with E-state index in [1.807, 2.05) is 55.3 Å². The SMILES string of the molecule is Cc1ccccc1C(=O)N(C)[C@@H](C)c1cccc2ccccc12. The van der Waals surface area contributed by atoms with Crippen LogP contribution in [0.15, 0.2) is 66.7 Å². The predicted octanol–water partition coefficient (Wildman–Crippen LogP) is 4.98. The smallest absolute Gasteiger partial charge is 0.254 e. The lowest BCUT2D eigenvalue weighted by molar-refractivity contribution is 0.0743. The second kappa shape index (κ2) is 6.25. The number of benzene rings is 3. The molecule has 0 unspecified atom stereocenters. The van der Waals surface area contributed by atoms with Crippen LogP contribution < -0.4 is 0 Å². The third kappa shape index (κ3) is 2.85. The monoisotopic (exact) mass is 303 g/mol. The molecule has 0 spiro atoms. The molecule has 1 atom stereocenters. The largest absolute Gasteiger partial charge is 0.335 e. The zero-order chi connectivity index (χ0) is 16.4. The molecule has 23 heavy (non-hydrogen) atoms. The van der Waals surface area contributed by atoms with Crippen LogP contribution in [0.2, 0.25) is 0 Å². The molecule has 3 aromatic rings. The van der Waals surface area contributed by atoms with Gasteiger partial charge in [0.2, 0.25) is 0 Å². The van der Waals surface area contributed by atoms with E-state index < -0.39 is 0 Å². The summed E-state index contributed by atoms with van der Waals surface area (Å²) in [6.07, 6.45) is 0. The Morgan fingerprint density at radius 3 is 2.35 bits per heavy atom. The molecule has 0 aliphatic heterocycles. The first-order valence-corrected chi connectivity index (χ1v) is 7.90. The quantitative estimate of drug-likeness (QED) is 0.668. The van der Waals surface area contributed by atoms with Crippen molar-refractivity contribution in [1.82, 2.24) is 4.90 Å². The molecule has 0 aliphatic rings. The number of nitrogens with zero attached hydrogens (tertiary/aromatic N) is 1. The number of carbonyl (C=O) groups is 1. The maximum Gasteiger partial charge on any atom is 0.254 e. The van der Waals surface area contributed by atoms with E-state index in [1.54, 1.807) is 0 Å². The van der Waals surface area contributed by atoms with Gasteiger partial charge in [0, 0.05) is 12.6 Å². The lowest BCUT2D eigenvalue weighted by atomic mass is 9.98. The third-order valence-electron chi connectivity index (χ3n) is 4.55. The predicted molar refractivity (Wildman–Crippen MR) is 95.6 cm³/mol. The van der Waals surface area contributed by atoms with Crippen LogP contribution in [-0.2, 0) is 0 Å². The van der Waals surface area contributed by atoms with Crippen molar-refractivity contribution in [2.45, 2.75) is 19.9 Å². The Hall–Kier alpha value is -2.61. The second-order valence-electron chi connectivity index (χ2n) is 5.98. The van der Waals surface area contributed by atoms with Crippen LogP contribution in [-0.4, -0.2) is 17.9 Å². The summed E-state index contributed by atoms with van der Waals surface area (Å²) >= 11 is 0. The molecule has 0 heterocycles. The molecule has 0 saturated heterocycles. The third-order valence-corrected chi connectivity index (χ3v) is 4.55. The molecule has 0 fully saturated rings. The topological polar surface area (TPSA) is 20.3 Å². The van der Waals surface area contributed by atoms with E-state index in [0.29, 0.717) is 0 Å². The Balaban J connectivity index is 1.97. The summed E-state index contributed by atoms with van der Waals surface area (Å²) in [5.41, 5.74) is 2.95. The molecule has 116 valence electrons. The van der Waals surface area contributed by atoms with Crippen molar-refractivity contribution >= 4 is 16.7 Å². The average Bonchev–Trinajstić information content (AvgIpc) is 2.60. The van der Waals surface area contributed by atoms with Gasteiger partial charge in [0.15, 0.2) is 0 Å². The first kappa shape index (κ1) is 15.3. The van der Waals surface area contributed by atoms with Crippen LogP contribution in [0.4, 0.5) is 0 Å². The molecule has 0 N–H and O–H groups in total. The minimum Gasteiger partial charge on any atom is -0.335 e. The number of hydrogen-bond acceptors (Lipinski definition) is 1. The summed E-state index contributed by atoms with van der Waals surface area (Å²) in [4.78, 5) is 14.7. The van der Waals surface area contributed by atoms with Crippen molar-refractivity contribution in [2.75, 3.05) is 7.05 Å². The Morgan fingerprint density at radius 1 is 0.913 bits per heavy atom. The summed E-state index contributed by atoms with van der Waals surface area (Å²) in [5, 5.41) is 2.40. The molecule has 0 aliphatic carbocycles. The second-order valence-corrected chi connectivity index (χ2v) is 5.98. The van der Waals surface area contributed by atoms with Crippen LogP contribution in [0.3, 0.4) is 0 Å². The van der Waals surface area contributed by atoms with Gasteiger partial charge >= 0.3 is 0 Å². The van der Waals surface area contributed by atoms with E-state index >= 15 is 0 Å². The van der Waals surface area contributed by atoms with Crippen LogP contribution >= 0.6 is 0 Å². The van der Waals surface area contributed by atoms with Crippen molar-refractivity contribution in [2.24, 2.45) is 0 Å². The molecule has 0 radical (unpaired) electrons. The molecule has 1 amide bonds. The zero-order valence-electron chi connectivity index (χ0n) is 13.8. The summed E-state index contributed by atoms with van der Waals surface area (Å²) < 4.78 is 0. The highest BCUT2D eigenvalue weighted by atomic mass is 16.2. The van der Waals surface area contributed by atoms with E-state index in [1.165, 1.54) is 16.3 Å². The fraction of sp³-hybridized carbons (Fsp3) is 0.190. The van der Waals surface area contributed by atoms with E-state index in [4.69, 9.17) is 0 Å². The molecular formula is C21H21NO. The first-order valence-electron chi connectivity index (χ1n) is 7.90. The van der Waals surface area contributed by atoms with Gasteiger partial charge in [-0.1, -0.05) is 60.7 Å². The number of aryl methyl sites for hydroxylation is 1. The molecule has 2 heteroatoms. The Bertz CT molecular complexity index is 848. The van der Waals surface area contributed by atoms with Crippen molar-refractivity contribution < 1.29 is 4.79 Å². The van der Waals surface area contributed by atoms with Crippen molar-refractivity contribution in [3.8, 4) is 0 Å². The van der Waals surface area contributed by atoms with Gasteiger partial charge in [-0.3, -0.25) is 4.79 Å². The van der Waals surface area contributed by atoms with Gasteiger partial charge < -0.3 is 4.90 Å². The highest BCUT2D eigenvalue weighted by Crippen LogP contribution is 2.28. The standard InChI is InChI=1S/C21H21NO/c1-15-9-4-6-12-18(15)21(23)22(3)16(2)19-14-8-11-17-10-5-7-13-20(17)19/h4-14,16H,1-3H3/t16-/m0/s1. The minimum absolute atomic E-state index is 0.00760. The Kier molecular flexibility index (Phi) is 4.16. The van der Waals surface area contributed by atoms with E-state index in [2.05, 4.69) is 37.3 Å². The van der Waals surface area contributed by atoms with Crippen molar-refractivity contribution in [1.29, 1.82) is 0 Å². The number of hydrogen-bond donors (Lipinski definition) is 0. The number of rotatable bonds is 3. The highest BCUT2D eigenvalue weighted by Gasteiger charge is 2.21. The molecule has 0 aromatic heterocycles. The molecule has 0 bridgehead atoms. The maximum atomic E-state index is 12.8. The van der Waals surface area contributed by atoms with Gasteiger partial charge in [-0.05, 0) is 41.8 Å². The lowest BCUT2D eigenvalue weighted by Gasteiger charge is -2.27. The summed E-state index contributed by atoms with van der Waals surface area (Å²) in [7, 11) is 1.88. The van der Waals surface area contributed by atoms with Gasteiger partial charge in [0.25, 0.3) is 5.91 Å². The van der Waals surface area contributed by atoms with Crippen molar-refractivity contribution in [3.05, 3.63) is 83.4 Å².